The van der Waals surface area contributed by atoms with Crippen molar-refractivity contribution in [3.8, 4) is 11.5 Å². The number of hydrogen-bond acceptors (Lipinski definition) is 5. The third-order valence-electron chi connectivity index (χ3n) is 4.13. The van der Waals surface area contributed by atoms with E-state index in [0.29, 0.717) is 43.7 Å². The Kier molecular flexibility index (Phi) is 8.99. The number of piperidine rings is 1. The van der Waals surface area contributed by atoms with E-state index in [4.69, 9.17) is 9.47 Å². The van der Waals surface area contributed by atoms with Gasteiger partial charge in [-0.2, -0.15) is 4.31 Å². The second-order valence-electron chi connectivity index (χ2n) is 5.90. The molecule has 6 nitrogen and oxygen atoms in total. The minimum Gasteiger partial charge on any atom is -0.490 e. The van der Waals surface area contributed by atoms with Crippen LogP contribution in [0.1, 0.15) is 26.7 Å². The maximum atomic E-state index is 13.0. The van der Waals surface area contributed by atoms with Gasteiger partial charge in [0.15, 0.2) is 11.5 Å². The molecule has 1 N–H and O–H groups in total. The van der Waals surface area contributed by atoms with Gasteiger partial charge in [0.25, 0.3) is 0 Å². The predicted molar refractivity (Wildman–Crippen MR) is 101 cm³/mol. The molecule has 0 saturated carbocycles. The van der Waals surface area contributed by atoms with Gasteiger partial charge >= 0.3 is 0 Å². The van der Waals surface area contributed by atoms with E-state index in [1.807, 2.05) is 20.9 Å². The Hall–Kier alpha value is -1.02. The molecule has 1 aromatic rings. The first kappa shape index (κ1) is 22.0. The minimum absolute atomic E-state index is 0. The van der Waals surface area contributed by atoms with Gasteiger partial charge in [-0.15, -0.1) is 12.4 Å². The fourth-order valence-corrected chi connectivity index (χ4v) is 4.61. The Labute approximate surface area is 157 Å². The molecule has 144 valence electrons. The maximum Gasteiger partial charge on any atom is 0.243 e. The summed E-state index contributed by atoms with van der Waals surface area (Å²) in [7, 11) is -1.62. The van der Waals surface area contributed by atoms with Crippen LogP contribution in [0.15, 0.2) is 23.1 Å². The Balaban J connectivity index is 0.00000312. The lowest BCUT2D eigenvalue weighted by Gasteiger charge is -2.32. The summed E-state index contributed by atoms with van der Waals surface area (Å²) in [4.78, 5) is 0.263. The topological polar surface area (TPSA) is 67.9 Å². The van der Waals surface area contributed by atoms with Crippen LogP contribution in [0.2, 0.25) is 0 Å². The molecule has 1 saturated heterocycles. The highest BCUT2D eigenvalue weighted by atomic mass is 35.5. The van der Waals surface area contributed by atoms with Crippen LogP contribution >= 0.6 is 12.4 Å². The molecule has 1 aromatic carbocycles. The van der Waals surface area contributed by atoms with Crippen molar-refractivity contribution in [1.82, 2.24) is 9.62 Å². The molecule has 1 fully saturated rings. The molecule has 0 aromatic heterocycles. The van der Waals surface area contributed by atoms with Gasteiger partial charge in [-0.3, -0.25) is 0 Å². The first-order valence-corrected chi connectivity index (χ1v) is 10.0. The first-order valence-electron chi connectivity index (χ1n) is 8.57. The number of rotatable bonds is 8. The molecule has 1 atom stereocenters. The quantitative estimate of drug-likeness (QED) is 0.736. The van der Waals surface area contributed by atoms with Crippen molar-refractivity contribution in [2.75, 3.05) is 39.9 Å². The fraction of sp³-hybridized carbons (Fsp3) is 0.647. The molecule has 0 amide bonds. The van der Waals surface area contributed by atoms with Gasteiger partial charge in [0, 0.05) is 19.2 Å². The van der Waals surface area contributed by atoms with E-state index < -0.39 is 10.0 Å². The zero-order chi connectivity index (χ0) is 17.6. The Bertz CT molecular complexity index is 638. The van der Waals surface area contributed by atoms with E-state index in [1.165, 1.54) is 0 Å². The van der Waals surface area contributed by atoms with Crippen molar-refractivity contribution < 1.29 is 17.9 Å². The molecule has 25 heavy (non-hydrogen) atoms. The van der Waals surface area contributed by atoms with Crippen LogP contribution < -0.4 is 14.8 Å². The fourth-order valence-electron chi connectivity index (χ4n) is 3.04. The van der Waals surface area contributed by atoms with Crippen LogP contribution in [0.4, 0.5) is 0 Å². The molecule has 8 heteroatoms. The zero-order valence-electron chi connectivity index (χ0n) is 15.2. The monoisotopic (exact) mass is 392 g/mol. The van der Waals surface area contributed by atoms with Crippen LogP contribution in [0.3, 0.4) is 0 Å². The van der Waals surface area contributed by atoms with E-state index >= 15 is 0 Å². The van der Waals surface area contributed by atoms with E-state index in [1.54, 1.807) is 22.5 Å². The second-order valence-corrected chi connectivity index (χ2v) is 7.84. The number of benzene rings is 1. The van der Waals surface area contributed by atoms with Gasteiger partial charge in [-0.05, 0) is 58.3 Å². The smallest absolute Gasteiger partial charge is 0.243 e. The van der Waals surface area contributed by atoms with E-state index in [9.17, 15) is 8.42 Å². The van der Waals surface area contributed by atoms with Crippen molar-refractivity contribution in [3.05, 3.63) is 18.2 Å². The lowest BCUT2D eigenvalue weighted by molar-refractivity contribution is 0.263. The number of halogens is 1. The minimum atomic E-state index is -3.52. The second kappa shape index (κ2) is 10.2. The molecule has 1 unspecified atom stereocenters. The van der Waals surface area contributed by atoms with Crippen LogP contribution in [0, 0.1) is 5.92 Å². The Morgan fingerprint density at radius 1 is 1.20 bits per heavy atom. The lowest BCUT2D eigenvalue weighted by atomic mass is 10.00. The van der Waals surface area contributed by atoms with Gasteiger partial charge in [0.2, 0.25) is 10.0 Å². The summed E-state index contributed by atoms with van der Waals surface area (Å²) in [5, 5.41) is 3.14. The van der Waals surface area contributed by atoms with Crippen molar-refractivity contribution in [1.29, 1.82) is 0 Å². The molecule has 0 spiro atoms. The number of nitrogens with one attached hydrogen (secondary N) is 1. The van der Waals surface area contributed by atoms with E-state index in [0.717, 1.165) is 19.4 Å². The molecule has 1 heterocycles. The standard InChI is InChI=1S/C17H28N2O4S.ClH/c1-4-22-16-9-8-15(11-17(16)23-5-2)24(20,21)19-10-6-7-14(13-19)12-18-3;/h8-9,11,14,18H,4-7,10,12-13H2,1-3H3;1H. The number of nitrogens with zero attached hydrogens (tertiary/aromatic N) is 1. The summed E-state index contributed by atoms with van der Waals surface area (Å²) in [6.07, 6.45) is 1.95. The van der Waals surface area contributed by atoms with Crippen LogP contribution in [0.25, 0.3) is 0 Å². The highest BCUT2D eigenvalue weighted by molar-refractivity contribution is 7.89. The van der Waals surface area contributed by atoms with Gasteiger partial charge in [-0.1, -0.05) is 0 Å². The third-order valence-corrected chi connectivity index (χ3v) is 5.99. The molecule has 1 aliphatic rings. The summed E-state index contributed by atoms with van der Waals surface area (Å²) in [6.45, 7) is 6.67. The van der Waals surface area contributed by atoms with E-state index in [-0.39, 0.29) is 17.3 Å². The molecule has 2 rings (SSSR count). The highest BCUT2D eigenvalue weighted by Crippen LogP contribution is 2.32. The SMILES string of the molecule is CCOc1ccc(S(=O)(=O)N2CCCC(CNC)C2)cc1OCC.Cl. The summed E-state index contributed by atoms with van der Waals surface area (Å²) in [5.74, 6) is 1.40. The summed E-state index contributed by atoms with van der Waals surface area (Å²) < 4.78 is 38.6. The third kappa shape index (κ3) is 5.48. The highest BCUT2D eigenvalue weighted by Gasteiger charge is 2.30. The maximum absolute atomic E-state index is 13.0. The molecule has 0 bridgehead atoms. The first-order chi connectivity index (χ1) is 11.5. The van der Waals surface area contributed by atoms with Gasteiger partial charge in [0.05, 0.1) is 18.1 Å². The molecule has 0 radical (unpaired) electrons. The van der Waals surface area contributed by atoms with Crippen molar-refractivity contribution in [2.24, 2.45) is 5.92 Å². The molecule has 1 aliphatic heterocycles. The van der Waals surface area contributed by atoms with Gasteiger partial charge in [-0.25, -0.2) is 8.42 Å². The van der Waals surface area contributed by atoms with Crippen LogP contribution in [0.5, 0.6) is 11.5 Å². The number of ether oxygens (including phenoxy) is 2. The summed E-state index contributed by atoms with van der Waals surface area (Å²) >= 11 is 0. The van der Waals surface area contributed by atoms with Crippen molar-refractivity contribution >= 4 is 22.4 Å². The average Bonchev–Trinajstić information content (AvgIpc) is 2.57. The Morgan fingerprint density at radius 3 is 2.52 bits per heavy atom. The lowest BCUT2D eigenvalue weighted by Crippen LogP contribution is -2.42. The van der Waals surface area contributed by atoms with Crippen LogP contribution in [-0.2, 0) is 10.0 Å². The van der Waals surface area contributed by atoms with Crippen LogP contribution in [-0.4, -0.2) is 52.6 Å². The number of hydrogen-bond donors (Lipinski definition) is 1. The average molecular weight is 393 g/mol. The predicted octanol–water partition coefficient (Wildman–Crippen LogP) is 2.53. The molecular weight excluding hydrogens is 364 g/mol. The summed E-state index contributed by atoms with van der Waals surface area (Å²) in [6, 6.07) is 4.85. The Morgan fingerprint density at radius 2 is 1.88 bits per heavy atom. The van der Waals surface area contributed by atoms with Crippen molar-refractivity contribution in [3.63, 3.8) is 0 Å². The largest absolute Gasteiger partial charge is 0.490 e. The van der Waals surface area contributed by atoms with Crippen molar-refractivity contribution in [2.45, 2.75) is 31.6 Å². The molecule has 0 aliphatic carbocycles. The summed E-state index contributed by atoms with van der Waals surface area (Å²) in [5.41, 5.74) is 0. The van der Waals surface area contributed by atoms with Gasteiger partial charge in [0.1, 0.15) is 0 Å². The molecular formula is C17H29ClN2O4S. The zero-order valence-corrected chi connectivity index (χ0v) is 16.8. The number of sulfonamides is 1. The normalized spacial score (nSPS) is 18.4. The van der Waals surface area contributed by atoms with Gasteiger partial charge < -0.3 is 14.8 Å². The van der Waals surface area contributed by atoms with E-state index in [2.05, 4.69) is 5.32 Å².